The molecule has 0 aliphatic carbocycles. The maximum absolute atomic E-state index is 12.7. The first kappa shape index (κ1) is 23.3. The molecule has 2 amide bonds. The Kier molecular flexibility index (Phi) is 7.73. The third kappa shape index (κ3) is 6.55. The molecule has 6 nitrogen and oxygen atoms in total. The Hall–Kier alpha value is -2.38. The largest absolute Gasteiger partial charge is 0.338 e. The van der Waals surface area contributed by atoms with Crippen LogP contribution in [-0.2, 0) is 22.9 Å². The van der Waals surface area contributed by atoms with Gasteiger partial charge in [0.2, 0.25) is 10.0 Å². The summed E-state index contributed by atoms with van der Waals surface area (Å²) in [4.78, 5) is 14.5. The van der Waals surface area contributed by atoms with Crippen molar-refractivity contribution in [3.05, 3.63) is 70.8 Å². The van der Waals surface area contributed by atoms with Crippen molar-refractivity contribution in [2.45, 2.75) is 51.6 Å². The van der Waals surface area contributed by atoms with E-state index in [0.717, 1.165) is 24.8 Å². The summed E-state index contributed by atoms with van der Waals surface area (Å²) < 4.78 is 26.7. The number of carbonyl (C=O) groups is 1. The van der Waals surface area contributed by atoms with Crippen LogP contribution in [0.3, 0.4) is 0 Å². The van der Waals surface area contributed by atoms with Crippen molar-refractivity contribution in [2.75, 3.05) is 19.3 Å². The van der Waals surface area contributed by atoms with E-state index in [0.29, 0.717) is 19.5 Å². The number of carbonyl (C=O) groups excluding carboxylic acids is 1. The molecular formula is C24H33N3O3S. The Labute approximate surface area is 186 Å². The molecule has 1 aliphatic rings. The lowest BCUT2D eigenvalue weighted by Crippen LogP contribution is -2.59. The fraction of sp³-hybridized carbons (Fsp3) is 0.458. The molecule has 2 aromatic rings. The van der Waals surface area contributed by atoms with Gasteiger partial charge in [0.1, 0.15) is 0 Å². The molecule has 2 atom stereocenters. The summed E-state index contributed by atoms with van der Waals surface area (Å²) in [6.45, 7) is 5.17. The lowest BCUT2D eigenvalue weighted by molar-refractivity contribution is 0.134. The fourth-order valence-electron chi connectivity index (χ4n) is 4.36. The van der Waals surface area contributed by atoms with Gasteiger partial charge in [-0.3, -0.25) is 0 Å². The van der Waals surface area contributed by atoms with Gasteiger partial charge in [-0.1, -0.05) is 48.5 Å². The quantitative estimate of drug-likeness (QED) is 0.690. The second-order valence-electron chi connectivity index (χ2n) is 8.36. The second kappa shape index (κ2) is 10.3. The molecule has 0 saturated carbocycles. The molecule has 168 valence electrons. The van der Waals surface area contributed by atoms with Crippen LogP contribution in [0.25, 0.3) is 0 Å². The topological polar surface area (TPSA) is 78.5 Å². The van der Waals surface area contributed by atoms with E-state index in [2.05, 4.69) is 53.4 Å². The van der Waals surface area contributed by atoms with E-state index < -0.39 is 10.0 Å². The number of sulfonamides is 1. The van der Waals surface area contributed by atoms with Crippen molar-refractivity contribution >= 4 is 16.1 Å². The van der Waals surface area contributed by atoms with Crippen LogP contribution in [0.1, 0.15) is 42.0 Å². The van der Waals surface area contributed by atoms with E-state index >= 15 is 0 Å². The zero-order valence-corrected chi connectivity index (χ0v) is 19.4. The molecule has 3 rings (SSSR count). The third-order valence-electron chi connectivity index (χ3n) is 5.83. The van der Waals surface area contributed by atoms with Gasteiger partial charge in [-0.05, 0) is 61.8 Å². The summed E-state index contributed by atoms with van der Waals surface area (Å²) in [6.07, 6.45) is 4.12. The Bertz CT molecular complexity index is 1010. The number of amides is 2. The Morgan fingerprint density at radius 2 is 1.87 bits per heavy atom. The zero-order chi connectivity index (χ0) is 22.4. The number of likely N-dealkylation sites (tertiary alicyclic amines) is 1. The van der Waals surface area contributed by atoms with Crippen LogP contribution in [0, 0.1) is 6.92 Å². The monoisotopic (exact) mass is 443 g/mol. The molecule has 1 aliphatic heterocycles. The second-order valence-corrected chi connectivity index (χ2v) is 10.1. The van der Waals surface area contributed by atoms with Gasteiger partial charge in [0.15, 0.2) is 0 Å². The van der Waals surface area contributed by atoms with Crippen LogP contribution in [-0.4, -0.2) is 50.8 Å². The highest BCUT2D eigenvalue weighted by Crippen LogP contribution is 2.23. The number of benzene rings is 2. The SMILES string of the molecule is CCNC(=O)N1CCC[C@H](NS(C)(=O)=O)[C@@H]1Cc1cccc(Cc2ccccc2C)c1. The number of aryl methyl sites for hydroxylation is 1. The normalized spacial score (nSPS) is 19.3. The van der Waals surface area contributed by atoms with Crippen molar-refractivity contribution in [3.8, 4) is 0 Å². The highest BCUT2D eigenvalue weighted by Gasteiger charge is 2.35. The molecule has 31 heavy (non-hydrogen) atoms. The van der Waals surface area contributed by atoms with Crippen molar-refractivity contribution in [1.29, 1.82) is 0 Å². The summed E-state index contributed by atoms with van der Waals surface area (Å²) in [5.41, 5.74) is 4.87. The molecule has 1 fully saturated rings. The number of piperidine rings is 1. The smallest absolute Gasteiger partial charge is 0.317 e. The minimum Gasteiger partial charge on any atom is -0.338 e. The average molecular weight is 444 g/mol. The van der Waals surface area contributed by atoms with Gasteiger partial charge < -0.3 is 10.2 Å². The maximum Gasteiger partial charge on any atom is 0.317 e. The number of nitrogens with zero attached hydrogens (tertiary/aromatic N) is 1. The molecule has 0 aromatic heterocycles. The lowest BCUT2D eigenvalue weighted by atomic mass is 9.90. The Morgan fingerprint density at radius 1 is 1.13 bits per heavy atom. The molecule has 1 saturated heterocycles. The number of hydrogen-bond donors (Lipinski definition) is 2. The molecule has 7 heteroatoms. The number of hydrogen-bond acceptors (Lipinski definition) is 3. The first-order valence-corrected chi connectivity index (χ1v) is 12.8. The molecule has 0 radical (unpaired) electrons. The summed E-state index contributed by atoms with van der Waals surface area (Å²) in [5.74, 6) is 0. The first-order chi connectivity index (χ1) is 14.8. The summed E-state index contributed by atoms with van der Waals surface area (Å²) in [5, 5.41) is 2.87. The van der Waals surface area contributed by atoms with E-state index in [1.807, 2.05) is 19.1 Å². The van der Waals surface area contributed by atoms with Gasteiger partial charge in [-0.2, -0.15) is 0 Å². The van der Waals surface area contributed by atoms with Gasteiger partial charge in [-0.25, -0.2) is 17.9 Å². The van der Waals surface area contributed by atoms with Crippen LogP contribution < -0.4 is 10.0 Å². The minimum absolute atomic E-state index is 0.136. The van der Waals surface area contributed by atoms with Gasteiger partial charge in [0.25, 0.3) is 0 Å². The Balaban J connectivity index is 1.84. The van der Waals surface area contributed by atoms with Gasteiger partial charge in [-0.15, -0.1) is 0 Å². The van der Waals surface area contributed by atoms with Crippen LogP contribution in [0.2, 0.25) is 0 Å². The standard InChI is InChI=1S/C24H33N3O3S/c1-4-25-24(28)27-14-8-13-22(26-31(3,29)30)23(27)17-20-11-7-10-19(15-20)16-21-12-6-5-9-18(21)2/h5-7,9-12,15,22-23,26H,4,8,13-14,16-17H2,1-3H3,(H,25,28)/t22-,23-/m0/s1. The molecule has 2 N–H and O–H groups in total. The van der Waals surface area contributed by atoms with Crippen molar-refractivity contribution in [2.24, 2.45) is 0 Å². The number of nitrogens with one attached hydrogen (secondary N) is 2. The molecule has 0 unspecified atom stereocenters. The maximum atomic E-state index is 12.7. The van der Waals surface area contributed by atoms with E-state index in [4.69, 9.17) is 0 Å². The van der Waals surface area contributed by atoms with E-state index in [1.165, 1.54) is 22.9 Å². The van der Waals surface area contributed by atoms with Crippen molar-refractivity contribution < 1.29 is 13.2 Å². The van der Waals surface area contributed by atoms with Crippen LogP contribution >= 0.6 is 0 Å². The van der Waals surface area contributed by atoms with Crippen LogP contribution in [0.4, 0.5) is 4.79 Å². The van der Waals surface area contributed by atoms with Gasteiger partial charge in [0, 0.05) is 19.1 Å². The zero-order valence-electron chi connectivity index (χ0n) is 18.6. The van der Waals surface area contributed by atoms with Gasteiger partial charge in [0.05, 0.1) is 12.3 Å². The average Bonchev–Trinajstić information content (AvgIpc) is 2.70. The van der Waals surface area contributed by atoms with E-state index in [1.54, 1.807) is 4.90 Å². The Morgan fingerprint density at radius 3 is 2.58 bits per heavy atom. The van der Waals surface area contributed by atoms with E-state index in [9.17, 15) is 13.2 Å². The van der Waals surface area contributed by atoms with Gasteiger partial charge >= 0.3 is 6.03 Å². The summed E-state index contributed by atoms with van der Waals surface area (Å²) >= 11 is 0. The molecular weight excluding hydrogens is 410 g/mol. The predicted molar refractivity (Wildman–Crippen MR) is 125 cm³/mol. The van der Waals surface area contributed by atoms with Crippen molar-refractivity contribution in [1.82, 2.24) is 14.9 Å². The summed E-state index contributed by atoms with van der Waals surface area (Å²) in [7, 11) is -3.37. The van der Waals surface area contributed by atoms with Crippen LogP contribution in [0.5, 0.6) is 0 Å². The predicted octanol–water partition coefficient (Wildman–Crippen LogP) is 3.24. The molecule has 2 aromatic carbocycles. The summed E-state index contributed by atoms with van der Waals surface area (Å²) in [6, 6.07) is 16.1. The third-order valence-corrected chi connectivity index (χ3v) is 6.56. The fourth-order valence-corrected chi connectivity index (χ4v) is 5.19. The first-order valence-electron chi connectivity index (χ1n) is 10.9. The molecule has 0 spiro atoms. The number of urea groups is 1. The van der Waals surface area contributed by atoms with E-state index in [-0.39, 0.29) is 18.1 Å². The van der Waals surface area contributed by atoms with Crippen LogP contribution in [0.15, 0.2) is 48.5 Å². The number of rotatable bonds is 7. The minimum atomic E-state index is -3.37. The molecule has 1 heterocycles. The highest BCUT2D eigenvalue weighted by molar-refractivity contribution is 7.88. The highest BCUT2D eigenvalue weighted by atomic mass is 32.2. The molecule has 0 bridgehead atoms. The lowest BCUT2D eigenvalue weighted by Gasteiger charge is -2.41. The van der Waals surface area contributed by atoms with Crippen molar-refractivity contribution in [3.63, 3.8) is 0 Å².